The van der Waals surface area contributed by atoms with E-state index in [1.54, 1.807) is 0 Å². The van der Waals surface area contributed by atoms with Crippen LogP contribution in [0, 0.1) is 5.92 Å². The summed E-state index contributed by atoms with van der Waals surface area (Å²) in [6.07, 6.45) is 11.3. The molecule has 1 saturated heterocycles. The summed E-state index contributed by atoms with van der Waals surface area (Å²) in [4.78, 5) is 12.2. The van der Waals surface area contributed by atoms with Crippen molar-refractivity contribution < 1.29 is 4.79 Å². The highest BCUT2D eigenvalue weighted by atomic mass is 16.2. The summed E-state index contributed by atoms with van der Waals surface area (Å²) >= 11 is 0. The number of amides is 1. The van der Waals surface area contributed by atoms with E-state index in [1.807, 2.05) is 0 Å². The monoisotopic (exact) mass is 236 g/mol. The standard InChI is InChI=1S/C14H24N2O/c17-14(15-11-6-2-3-7-11)13-9-10-5-1-4-8-12(10)16-13/h10-13,16H,1-9H2,(H,15,17). The summed E-state index contributed by atoms with van der Waals surface area (Å²) in [5.74, 6) is 1.04. The van der Waals surface area contributed by atoms with Gasteiger partial charge < -0.3 is 10.6 Å². The summed E-state index contributed by atoms with van der Waals surface area (Å²) in [5, 5.41) is 6.78. The average Bonchev–Trinajstić information content (AvgIpc) is 2.96. The third kappa shape index (κ3) is 2.49. The van der Waals surface area contributed by atoms with Crippen molar-refractivity contribution in [2.45, 2.75) is 75.9 Å². The quantitative estimate of drug-likeness (QED) is 0.769. The van der Waals surface area contributed by atoms with Crippen molar-refractivity contribution in [1.29, 1.82) is 0 Å². The van der Waals surface area contributed by atoms with Crippen molar-refractivity contribution in [2.24, 2.45) is 5.92 Å². The van der Waals surface area contributed by atoms with Gasteiger partial charge in [0.2, 0.25) is 5.91 Å². The van der Waals surface area contributed by atoms with Crippen LogP contribution in [0.25, 0.3) is 0 Å². The van der Waals surface area contributed by atoms with Crippen LogP contribution in [-0.2, 0) is 4.79 Å². The normalized spacial score (nSPS) is 38.0. The SMILES string of the molecule is O=C(NC1CCCC1)C1CC2CCCCC2N1. The lowest BCUT2D eigenvalue weighted by Gasteiger charge is -2.24. The summed E-state index contributed by atoms with van der Waals surface area (Å²) in [6, 6.07) is 1.19. The fraction of sp³-hybridized carbons (Fsp3) is 0.929. The van der Waals surface area contributed by atoms with Crippen molar-refractivity contribution in [2.75, 3.05) is 0 Å². The van der Waals surface area contributed by atoms with Crippen molar-refractivity contribution in [3.63, 3.8) is 0 Å². The Bertz CT molecular complexity index is 272. The van der Waals surface area contributed by atoms with Gasteiger partial charge in [-0.25, -0.2) is 0 Å². The number of rotatable bonds is 2. The minimum absolute atomic E-state index is 0.101. The van der Waals surface area contributed by atoms with Crippen LogP contribution < -0.4 is 10.6 Å². The van der Waals surface area contributed by atoms with Crippen LogP contribution >= 0.6 is 0 Å². The number of hydrogen-bond acceptors (Lipinski definition) is 2. The van der Waals surface area contributed by atoms with Gasteiger partial charge in [-0.2, -0.15) is 0 Å². The summed E-state index contributed by atoms with van der Waals surface area (Å²) in [5.41, 5.74) is 0. The molecule has 0 bridgehead atoms. The van der Waals surface area contributed by atoms with Gasteiger partial charge in [0.25, 0.3) is 0 Å². The molecule has 2 saturated carbocycles. The fourth-order valence-electron chi connectivity index (χ4n) is 3.89. The third-order valence-electron chi connectivity index (χ3n) is 4.88. The zero-order valence-corrected chi connectivity index (χ0v) is 10.6. The van der Waals surface area contributed by atoms with E-state index >= 15 is 0 Å². The molecule has 3 aliphatic rings. The van der Waals surface area contributed by atoms with Crippen LogP contribution in [0.15, 0.2) is 0 Å². The second kappa shape index (κ2) is 4.97. The third-order valence-corrected chi connectivity index (χ3v) is 4.88. The number of hydrogen-bond donors (Lipinski definition) is 2. The predicted octanol–water partition coefficient (Wildman–Crippen LogP) is 1.97. The maximum atomic E-state index is 12.2. The molecule has 3 nitrogen and oxygen atoms in total. The van der Waals surface area contributed by atoms with E-state index in [1.165, 1.54) is 51.4 Å². The van der Waals surface area contributed by atoms with Crippen LogP contribution in [0.1, 0.15) is 57.8 Å². The van der Waals surface area contributed by atoms with Gasteiger partial charge in [-0.15, -0.1) is 0 Å². The molecule has 0 aromatic carbocycles. The Labute approximate surface area is 104 Å². The summed E-state index contributed by atoms with van der Waals surface area (Å²) < 4.78 is 0. The van der Waals surface area contributed by atoms with Gasteiger partial charge in [-0.3, -0.25) is 4.79 Å². The van der Waals surface area contributed by atoms with Gasteiger partial charge in [0, 0.05) is 12.1 Å². The van der Waals surface area contributed by atoms with Crippen molar-refractivity contribution in [1.82, 2.24) is 10.6 Å². The molecule has 96 valence electrons. The number of carbonyl (C=O) groups is 1. The molecule has 2 aliphatic carbocycles. The first-order chi connectivity index (χ1) is 8.33. The van der Waals surface area contributed by atoms with E-state index in [9.17, 15) is 4.79 Å². The second-order valence-electron chi connectivity index (χ2n) is 6.10. The number of nitrogens with one attached hydrogen (secondary N) is 2. The first-order valence-electron chi connectivity index (χ1n) is 7.39. The molecule has 1 amide bonds. The molecule has 0 spiro atoms. The van der Waals surface area contributed by atoms with Crippen LogP contribution in [-0.4, -0.2) is 24.0 Å². The first kappa shape index (κ1) is 11.5. The Kier molecular flexibility index (Phi) is 3.37. The maximum absolute atomic E-state index is 12.2. The minimum atomic E-state index is 0.101. The highest BCUT2D eigenvalue weighted by Gasteiger charge is 2.38. The largest absolute Gasteiger partial charge is 0.352 e. The maximum Gasteiger partial charge on any atom is 0.237 e. The van der Waals surface area contributed by atoms with E-state index in [0.29, 0.717) is 12.1 Å². The molecule has 0 radical (unpaired) electrons. The van der Waals surface area contributed by atoms with Gasteiger partial charge >= 0.3 is 0 Å². The smallest absolute Gasteiger partial charge is 0.237 e. The predicted molar refractivity (Wildman–Crippen MR) is 67.7 cm³/mol. The first-order valence-corrected chi connectivity index (χ1v) is 7.39. The lowest BCUT2D eigenvalue weighted by Crippen LogP contribution is -2.46. The molecule has 3 atom stereocenters. The van der Waals surface area contributed by atoms with Crippen molar-refractivity contribution >= 4 is 5.91 Å². The van der Waals surface area contributed by atoms with Crippen LogP contribution in [0.3, 0.4) is 0 Å². The van der Waals surface area contributed by atoms with Crippen molar-refractivity contribution in [3.05, 3.63) is 0 Å². The van der Waals surface area contributed by atoms with Crippen molar-refractivity contribution in [3.8, 4) is 0 Å². The molecule has 2 N–H and O–H groups in total. The Morgan fingerprint density at radius 3 is 2.47 bits per heavy atom. The summed E-state index contributed by atoms with van der Waals surface area (Å²) in [6.45, 7) is 0. The number of fused-ring (bicyclic) bond motifs is 1. The fourth-order valence-corrected chi connectivity index (χ4v) is 3.89. The molecule has 1 aliphatic heterocycles. The number of carbonyl (C=O) groups excluding carboxylic acids is 1. The molecule has 0 aromatic heterocycles. The minimum Gasteiger partial charge on any atom is -0.352 e. The van der Waals surface area contributed by atoms with E-state index < -0.39 is 0 Å². The van der Waals surface area contributed by atoms with Gasteiger partial charge in [-0.1, -0.05) is 25.7 Å². The second-order valence-corrected chi connectivity index (χ2v) is 6.10. The summed E-state index contributed by atoms with van der Waals surface area (Å²) in [7, 11) is 0. The van der Waals surface area contributed by atoms with E-state index in [4.69, 9.17) is 0 Å². The zero-order valence-electron chi connectivity index (χ0n) is 10.6. The van der Waals surface area contributed by atoms with Crippen LogP contribution in [0.2, 0.25) is 0 Å². The molecule has 17 heavy (non-hydrogen) atoms. The zero-order chi connectivity index (χ0) is 11.7. The lowest BCUT2D eigenvalue weighted by atomic mass is 9.85. The molecule has 3 rings (SSSR count). The van der Waals surface area contributed by atoms with Crippen LogP contribution in [0.4, 0.5) is 0 Å². The Balaban J connectivity index is 1.52. The Hall–Kier alpha value is -0.570. The molecule has 3 heteroatoms. The topological polar surface area (TPSA) is 41.1 Å². The molecule has 3 unspecified atom stereocenters. The van der Waals surface area contributed by atoms with Gasteiger partial charge in [0.1, 0.15) is 0 Å². The Morgan fingerprint density at radius 2 is 1.71 bits per heavy atom. The lowest BCUT2D eigenvalue weighted by molar-refractivity contribution is -0.123. The van der Waals surface area contributed by atoms with Gasteiger partial charge in [-0.05, 0) is 38.0 Å². The van der Waals surface area contributed by atoms with E-state index in [2.05, 4.69) is 10.6 Å². The van der Waals surface area contributed by atoms with Gasteiger partial charge in [0.05, 0.1) is 6.04 Å². The van der Waals surface area contributed by atoms with Crippen LogP contribution in [0.5, 0.6) is 0 Å². The highest BCUT2D eigenvalue weighted by Crippen LogP contribution is 2.33. The van der Waals surface area contributed by atoms with Gasteiger partial charge in [0.15, 0.2) is 0 Å². The molecule has 1 heterocycles. The molecular weight excluding hydrogens is 212 g/mol. The molecule has 0 aromatic rings. The average molecular weight is 236 g/mol. The van der Waals surface area contributed by atoms with E-state index in [0.717, 1.165) is 12.3 Å². The highest BCUT2D eigenvalue weighted by molar-refractivity contribution is 5.82. The van der Waals surface area contributed by atoms with E-state index in [-0.39, 0.29) is 11.9 Å². The molecular formula is C14H24N2O. The Morgan fingerprint density at radius 1 is 1.00 bits per heavy atom. The molecule has 3 fully saturated rings.